The molecule has 0 aliphatic heterocycles. The highest BCUT2D eigenvalue weighted by Gasteiger charge is 2.30. The number of hydrogen-bond donors (Lipinski definition) is 1. The first-order valence-electron chi connectivity index (χ1n) is 5.13. The summed E-state index contributed by atoms with van der Waals surface area (Å²) in [5.41, 5.74) is 0.742. The minimum atomic E-state index is -4.35. The summed E-state index contributed by atoms with van der Waals surface area (Å²) in [5, 5.41) is 16.5. The molecule has 1 N–H and O–H groups in total. The van der Waals surface area contributed by atoms with Gasteiger partial charge in [-0.05, 0) is 31.2 Å². The third-order valence-corrected chi connectivity index (χ3v) is 2.58. The highest BCUT2D eigenvalue weighted by atomic mass is 19.4. The van der Waals surface area contributed by atoms with Gasteiger partial charge in [-0.15, -0.1) is 5.10 Å². The molecule has 0 saturated carbocycles. The van der Waals surface area contributed by atoms with Gasteiger partial charge < -0.3 is 5.11 Å². The molecule has 0 aliphatic rings. The highest BCUT2D eigenvalue weighted by Crippen LogP contribution is 2.29. The van der Waals surface area contributed by atoms with Crippen LogP contribution in [-0.4, -0.2) is 20.1 Å². The van der Waals surface area contributed by atoms with E-state index in [1.807, 2.05) is 0 Å². The largest absolute Gasteiger partial charge is 0.416 e. The lowest BCUT2D eigenvalue weighted by molar-refractivity contribution is -0.137. The van der Waals surface area contributed by atoms with E-state index >= 15 is 0 Å². The highest BCUT2D eigenvalue weighted by molar-refractivity contribution is 5.36. The molecule has 0 atom stereocenters. The molecule has 0 radical (unpaired) electrons. The van der Waals surface area contributed by atoms with E-state index in [-0.39, 0.29) is 6.61 Å². The van der Waals surface area contributed by atoms with Gasteiger partial charge in [0.1, 0.15) is 5.69 Å². The van der Waals surface area contributed by atoms with Crippen molar-refractivity contribution >= 4 is 0 Å². The number of aliphatic hydroxyl groups excluding tert-OH is 1. The maximum absolute atomic E-state index is 12.4. The number of hydrogen-bond acceptors (Lipinski definition) is 3. The van der Waals surface area contributed by atoms with Crippen LogP contribution in [0.5, 0.6) is 0 Å². The fourth-order valence-electron chi connectivity index (χ4n) is 1.54. The van der Waals surface area contributed by atoms with Crippen LogP contribution < -0.4 is 0 Å². The number of nitrogens with zero attached hydrogens (tertiary/aromatic N) is 3. The Morgan fingerprint density at radius 2 is 1.83 bits per heavy atom. The van der Waals surface area contributed by atoms with Gasteiger partial charge >= 0.3 is 6.18 Å². The first kappa shape index (κ1) is 12.6. The van der Waals surface area contributed by atoms with Gasteiger partial charge in [-0.25, -0.2) is 4.68 Å². The number of halogens is 3. The summed E-state index contributed by atoms with van der Waals surface area (Å²) in [6.07, 6.45) is -4.35. The Morgan fingerprint density at radius 1 is 1.22 bits per heavy atom. The zero-order valence-corrected chi connectivity index (χ0v) is 9.44. The molecule has 0 amide bonds. The Kier molecular flexibility index (Phi) is 3.08. The Balaban J connectivity index is 2.37. The fourth-order valence-corrected chi connectivity index (χ4v) is 1.54. The third-order valence-electron chi connectivity index (χ3n) is 2.58. The van der Waals surface area contributed by atoms with Crippen LogP contribution in [0.2, 0.25) is 0 Å². The molecule has 0 aliphatic carbocycles. The van der Waals surface area contributed by atoms with Crippen molar-refractivity contribution in [3.8, 4) is 5.69 Å². The van der Waals surface area contributed by atoms with Crippen LogP contribution in [0.4, 0.5) is 13.2 Å². The van der Waals surface area contributed by atoms with Crippen molar-refractivity contribution in [2.75, 3.05) is 0 Å². The van der Waals surface area contributed by atoms with E-state index in [0.29, 0.717) is 17.1 Å². The lowest BCUT2D eigenvalue weighted by Gasteiger charge is -2.08. The standard InChI is InChI=1S/C11H10F3N3O/c1-7-10(6-18)15-16-17(7)9-4-2-8(3-5-9)11(12,13)14/h2-5,18H,6H2,1H3. The minimum Gasteiger partial charge on any atom is -0.390 e. The summed E-state index contributed by atoms with van der Waals surface area (Å²) in [4.78, 5) is 0. The van der Waals surface area contributed by atoms with Gasteiger partial charge in [0.15, 0.2) is 0 Å². The number of aromatic nitrogens is 3. The molecule has 7 heteroatoms. The lowest BCUT2D eigenvalue weighted by atomic mass is 10.2. The first-order chi connectivity index (χ1) is 8.43. The quantitative estimate of drug-likeness (QED) is 0.896. The molecule has 18 heavy (non-hydrogen) atoms. The molecule has 0 spiro atoms. The topological polar surface area (TPSA) is 50.9 Å². The molecule has 1 heterocycles. The summed E-state index contributed by atoms with van der Waals surface area (Å²) in [6, 6.07) is 4.58. The molecule has 2 rings (SSSR count). The number of alkyl halides is 3. The van der Waals surface area contributed by atoms with Gasteiger partial charge in [0.05, 0.1) is 23.6 Å². The van der Waals surface area contributed by atoms with E-state index in [2.05, 4.69) is 10.3 Å². The molecular weight excluding hydrogens is 247 g/mol. The van der Waals surface area contributed by atoms with E-state index in [9.17, 15) is 13.2 Å². The van der Waals surface area contributed by atoms with E-state index < -0.39 is 11.7 Å². The maximum atomic E-state index is 12.4. The van der Waals surface area contributed by atoms with Gasteiger partial charge in [0.25, 0.3) is 0 Å². The van der Waals surface area contributed by atoms with Crippen LogP contribution in [0.15, 0.2) is 24.3 Å². The van der Waals surface area contributed by atoms with Crippen molar-refractivity contribution in [1.29, 1.82) is 0 Å². The van der Waals surface area contributed by atoms with E-state index in [4.69, 9.17) is 5.11 Å². The van der Waals surface area contributed by atoms with E-state index in [1.54, 1.807) is 6.92 Å². The molecule has 2 aromatic rings. The van der Waals surface area contributed by atoms with Crippen LogP contribution in [-0.2, 0) is 12.8 Å². The normalized spacial score (nSPS) is 11.8. The van der Waals surface area contributed by atoms with Crippen LogP contribution >= 0.6 is 0 Å². The van der Waals surface area contributed by atoms with E-state index in [1.165, 1.54) is 16.8 Å². The summed E-state index contributed by atoms with van der Waals surface area (Å²) in [6.45, 7) is 1.43. The average molecular weight is 257 g/mol. The van der Waals surface area contributed by atoms with Crippen molar-refractivity contribution in [1.82, 2.24) is 15.0 Å². The molecule has 0 fully saturated rings. The van der Waals surface area contributed by atoms with Gasteiger partial charge in [0.2, 0.25) is 0 Å². The second-order valence-electron chi connectivity index (χ2n) is 3.74. The lowest BCUT2D eigenvalue weighted by Crippen LogP contribution is -2.06. The fraction of sp³-hybridized carbons (Fsp3) is 0.273. The smallest absolute Gasteiger partial charge is 0.390 e. The monoisotopic (exact) mass is 257 g/mol. The van der Waals surface area contributed by atoms with Gasteiger partial charge in [0, 0.05) is 0 Å². The molecule has 0 saturated heterocycles. The average Bonchev–Trinajstić information content (AvgIpc) is 2.69. The van der Waals surface area contributed by atoms with Crippen molar-refractivity contribution in [2.24, 2.45) is 0 Å². The molecule has 4 nitrogen and oxygen atoms in total. The van der Waals surface area contributed by atoms with Crippen LogP contribution in [0.1, 0.15) is 17.0 Å². The second-order valence-corrected chi connectivity index (χ2v) is 3.74. The summed E-state index contributed by atoms with van der Waals surface area (Å²) in [7, 11) is 0. The SMILES string of the molecule is Cc1c(CO)nnn1-c1ccc(C(F)(F)F)cc1. The number of aliphatic hydroxyl groups is 1. The first-order valence-corrected chi connectivity index (χ1v) is 5.13. The van der Waals surface area contributed by atoms with Crippen LogP contribution in [0.3, 0.4) is 0 Å². The Morgan fingerprint density at radius 3 is 2.28 bits per heavy atom. The van der Waals surface area contributed by atoms with Gasteiger partial charge in [-0.2, -0.15) is 13.2 Å². The maximum Gasteiger partial charge on any atom is 0.416 e. The zero-order valence-electron chi connectivity index (χ0n) is 9.44. The molecule has 1 aromatic heterocycles. The van der Waals surface area contributed by atoms with Crippen molar-refractivity contribution in [3.63, 3.8) is 0 Å². The summed E-state index contributed by atoms with van der Waals surface area (Å²) in [5.74, 6) is 0. The van der Waals surface area contributed by atoms with E-state index in [0.717, 1.165) is 12.1 Å². The predicted octanol–water partition coefficient (Wildman–Crippen LogP) is 2.09. The van der Waals surface area contributed by atoms with Crippen molar-refractivity contribution < 1.29 is 18.3 Å². The second kappa shape index (κ2) is 4.41. The minimum absolute atomic E-state index is 0.257. The molecule has 1 aromatic carbocycles. The van der Waals surface area contributed by atoms with Crippen molar-refractivity contribution in [2.45, 2.75) is 19.7 Å². The van der Waals surface area contributed by atoms with Crippen molar-refractivity contribution in [3.05, 3.63) is 41.2 Å². The molecular formula is C11H10F3N3O. The Bertz CT molecular complexity index is 546. The predicted molar refractivity (Wildman–Crippen MR) is 57.0 cm³/mol. The van der Waals surface area contributed by atoms with Gasteiger partial charge in [-0.3, -0.25) is 0 Å². The molecule has 0 bridgehead atoms. The Hall–Kier alpha value is -1.89. The zero-order chi connectivity index (χ0) is 13.3. The van der Waals surface area contributed by atoms with Gasteiger partial charge in [-0.1, -0.05) is 5.21 Å². The number of rotatable bonds is 2. The summed E-state index contributed by atoms with van der Waals surface area (Å²) >= 11 is 0. The van der Waals surface area contributed by atoms with Crippen LogP contribution in [0.25, 0.3) is 5.69 Å². The van der Waals surface area contributed by atoms with Crippen LogP contribution in [0, 0.1) is 6.92 Å². The third kappa shape index (κ3) is 2.21. The number of benzene rings is 1. The Labute approximate surface area is 101 Å². The summed E-state index contributed by atoms with van der Waals surface area (Å²) < 4.78 is 38.6. The molecule has 96 valence electrons. The molecule has 0 unspecified atom stereocenters.